The molecule has 0 aliphatic heterocycles. The molecule has 0 spiro atoms. The van der Waals surface area contributed by atoms with Gasteiger partial charge in [0, 0.05) is 17.1 Å². The number of nitrogens with two attached hydrogens (primary N) is 1. The Labute approximate surface area is 111 Å². The zero-order valence-electron chi connectivity index (χ0n) is 11.0. The summed E-state index contributed by atoms with van der Waals surface area (Å²) in [5, 5.41) is 1.46. The van der Waals surface area contributed by atoms with Crippen LogP contribution >= 0.6 is 11.8 Å². The third-order valence-electron chi connectivity index (χ3n) is 2.83. The summed E-state index contributed by atoms with van der Waals surface area (Å²) in [6, 6.07) is 3.75. The smallest absolute Gasteiger partial charge is 0.194 e. The Morgan fingerprint density at radius 1 is 0.944 bits per heavy atom. The Morgan fingerprint density at radius 2 is 1.56 bits per heavy atom. The van der Waals surface area contributed by atoms with Gasteiger partial charge in [-0.05, 0) is 57.2 Å². The van der Waals surface area contributed by atoms with E-state index in [0.29, 0.717) is 10.8 Å². The van der Waals surface area contributed by atoms with Crippen molar-refractivity contribution < 1.29 is 0 Å². The minimum Gasteiger partial charge on any atom is -0.397 e. The van der Waals surface area contributed by atoms with Crippen molar-refractivity contribution in [3.63, 3.8) is 0 Å². The highest BCUT2D eigenvalue weighted by Gasteiger charge is 2.09. The first kappa shape index (κ1) is 12.8. The van der Waals surface area contributed by atoms with Crippen molar-refractivity contribution in [1.29, 1.82) is 0 Å². The third kappa shape index (κ3) is 2.61. The summed E-state index contributed by atoms with van der Waals surface area (Å²) in [6.45, 7) is 7.94. The van der Waals surface area contributed by atoms with Gasteiger partial charge in [-0.15, -0.1) is 0 Å². The lowest BCUT2D eigenvalue weighted by molar-refractivity contribution is 0.878. The Kier molecular flexibility index (Phi) is 3.52. The van der Waals surface area contributed by atoms with Crippen LogP contribution in [0, 0.1) is 27.7 Å². The molecule has 0 amide bonds. The van der Waals surface area contributed by atoms with E-state index >= 15 is 0 Å². The molecule has 2 N–H and O–H groups in total. The number of pyridine rings is 1. The second-order valence-electron chi connectivity index (χ2n) is 4.25. The number of anilines is 1. The average molecular weight is 260 g/mol. The van der Waals surface area contributed by atoms with E-state index in [2.05, 4.69) is 15.0 Å². The summed E-state index contributed by atoms with van der Waals surface area (Å²) in [4.78, 5) is 13.3. The zero-order chi connectivity index (χ0) is 13.3. The van der Waals surface area contributed by atoms with Crippen LogP contribution in [0.4, 0.5) is 5.69 Å². The second kappa shape index (κ2) is 4.94. The first-order valence-electron chi connectivity index (χ1n) is 5.70. The fraction of sp³-hybridized carbons (Fsp3) is 0.308. The second-order valence-corrected chi connectivity index (χ2v) is 5.21. The predicted molar refractivity (Wildman–Crippen MR) is 73.8 cm³/mol. The van der Waals surface area contributed by atoms with E-state index in [0.717, 1.165) is 27.7 Å². The SMILES string of the molecule is Cc1ccc(N)c(Sc2nc(C)c(C)c(C)n2)n1. The highest BCUT2D eigenvalue weighted by molar-refractivity contribution is 7.99. The number of rotatable bonds is 2. The van der Waals surface area contributed by atoms with Gasteiger partial charge in [0.15, 0.2) is 5.16 Å². The van der Waals surface area contributed by atoms with Crippen LogP contribution in [-0.4, -0.2) is 15.0 Å². The number of nitrogens with zero attached hydrogens (tertiary/aromatic N) is 3. The van der Waals surface area contributed by atoms with Gasteiger partial charge >= 0.3 is 0 Å². The molecule has 94 valence electrons. The summed E-state index contributed by atoms with van der Waals surface area (Å²) in [7, 11) is 0. The Balaban J connectivity index is 2.37. The molecule has 2 rings (SSSR count). The molecule has 0 atom stereocenters. The van der Waals surface area contributed by atoms with E-state index in [-0.39, 0.29) is 0 Å². The molecular weight excluding hydrogens is 244 g/mol. The van der Waals surface area contributed by atoms with Crippen LogP contribution in [0.25, 0.3) is 0 Å². The van der Waals surface area contributed by atoms with E-state index in [1.807, 2.05) is 39.8 Å². The standard InChI is InChI=1S/C13H16N4S/c1-7-5-6-11(14)12(15-7)18-13-16-9(3)8(2)10(4)17-13/h5-6H,14H2,1-4H3. The zero-order valence-corrected chi connectivity index (χ0v) is 11.8. The summed E-state index contributed by atoms with van der Waals surface area (Å²) in [6.07, 6.45) is 0. The fourth-order valence-electron chi connectivity index (χ4n) is 1.50. The normalized spacial score (nSPS) is 10.7. The van der Waals surface area contributed by atoms with E-state index in [1.165, 1.54) is 11.8 Å². The lowest BCUT2D eigenvalue weighted by atomic mass is 10.2. The van der Waals surface area contributed by atoms with Gasteiger partial charge in [0.05, 0.1) is 5.69 Å². The van der Waals surface area contributed by atoms with E-state index in [1.54, 1.807) is 0 Å². The van der Waals surface area contributed by atoms with Gasteiger partial charge in [0.2, 0.25) is 0 Å². The van der Waals surface area contributed by atoms with E-state index in [4.69, 9.17) is 5.73 Å². The maximum atomic E-state index is 5.90. The molecule has 2 aromatic rings. The first-order valence-corrected chi connectivity index (χ1v) is 6.52. The molecule has 2 aromatic heterocycles. The molecule has 18 heavy (non-hydrogen) atoms. The first-order chi connectivity index (χ1) is 8.47. The lowest BCUT2D eigenvalue weighted by Gasteiger charge is -2.08. The average Bonchev–Trinajstić information content (AvgIpc) is 2.31. The van der Waals surface area contributed by atoms with E-state index < -0.39 is 0 Å². The van der Waals surface area contributed by atoms with Crippen LogP contribution in [0.15, 0.2) is 22.3 Å². The molecule has 0 aromatic carbocycles. The Hall–Kier alpha value is -1.62. The minimum absolute atomic E-state index is 0.657. The lowest BCUT2D eigenvalue weighted by Crippen LogP contribution is -1.99. The molecule has 0 saturated heterocycles. The molecule has 0 saturated carbocycles. The van der Waals surface area contributed by atoms with Crippen LogP contribution < -0.4 is 5.73 Å². The third-order valence-corrected chi connectivity index (χ3v) is 3.71. The number of aromatic nitrogens is 3. The summed E-state index contributed by atoms with van der Waals surface area (Å²) in [5.74, 6) is 0. The van der Waals surface area contributed by atoms with Crippen molar-refractivity contribution in [2.24, 2.45) is 0 Å². The van der Waals surface area contributed by atoms with Crippen LogP contribution in [0.3, 0.4) is 0 Å². The molecule has 0 aliphatic rings. The molecular formula is C13H16N4S. The largest absolute Gasteiger partial charge is 0.397 e. The molecule has 0 unspecified atom stereocenters. The van der Waals surface area contributed by atoms with Crippen molar-refractivity contribution in [2.75, 3.05) is 5.73 Å². The van der Waals surface area contributed by atoms with Gasteiger partial charge in [-0.2, -0.15) is 0 Å². The van der Waals surface area contributed by atoms with Crippen LogP contribution in [-0.2, 0) is 0 Å². The highest BCUT2D eigenvalue weighted by Crippen LogP contribution is 2.28. The van der Waals surface area contributed by atoms with Crippen molar-refractivity contribution in [3.05, 3.63) is 34.8 Å². The van der Waals surface area contributed by atoms with Gasteiger partial charge < -0.3 is 5.73 Å². The van der Waals surface area contributed by atoms with Gasteiger partial charge in [-0.3, -0.25) is 0 Å². The molecule has 5 heteroatoms. The molecule has 0 bridgehead atoms. The van der Waals surface area contributed by atoms with Gasteiger partial charge in [-0.1, -0.05) is 0 Å². The quantitative estimate of drug-likeness (QED) is 0.841. The van der Waals surface area contributed by atoms with E-state index in [9.17, 15) is 0 Å². The summed E-state index contributed by atoms with van der Waals surface area (Å²) in [5.41, 5.74) is 10.6. The van der Waals surface area contributed by atoms with Gasteiger partial charge in [-0.25, -0.2) is 15.0 Å². The Morgan fingerprint density at radius 3 is 2.17 bits per heavy atom. The predicted octanol–water partition coefficient (Wildman–Crippen LogP) is 2.84. The number of hydrogen-bond donors (Lipinski definition) is 1. The molecule has 0 fully saturated rings. The summed E-state index contributed by atoms with van der Waals surface area (Å²) < 4.78 is 0. The van der Waals surface area contributed by atoms with Crippen LogP contribution in [0.1, 0.15) is 22.6 Å². The van der Waals surface area contributed by atoms with Crippen LogP contribution in [0.5, 0.6) is 0 Å². The maximum Gasteiger partial charge on any atom is 0.194 e. The monoisotopic (exact) mass is 260 g/mol. The molecule has 4 nitrogen and oxygen atoms in total. The van der Waals surface area contributed by atoms with Crippen molar-refractivity contribution >= 4 is 17.4 Å². The van der Waals surface area contributed by atoms with Crippen molar-refractivity contribution in [2.45, 2.75) is 37.9 Å². The molecule has 2 heterocycles. The van der Waals surface area contributed by atoms with Gasteiger partial charge in [0.1, 0.15) is 5.03 Å². The topological polar surface area (TPSA) is 64.7 Å². The van der Waals surface area contributed by atoms with Gasteiger partial charge in [0.25, 0.3) is 0 Å². The van der Waals surface area contributed by atoms with Crippen molar-refractivity contribution in [1.82, 2.24) is 15.0 Å². The van der Waals surface area contributed by atoms with Crippen LogP contribution in [0.2, 0.25) is 0 Å². The number of aryl methyl sites for hydroxylation is 3. The fourth-order valence-corrected chi connectivity index (χ4v) is 2.41. The number of hydrogen-bond acceptors (Lipinski definition) is 5. The summed E-state index contributed by atoms with van der Waals surface area (Å²) >= 11 is 1.41. The maximum absolute atomic E-state index is 5.90. The molecule has 0 radical (unpaired) electrons. The highest BCUT2D eigenvalue weighted by atomic mass is 32.2. The molecule has 0 aliphatic carbocycles. The number of nitrogen functional groups attached to an aromatic ring is 1. The van der Waals surface area contributed by atoms with Crippen molar-refractivity contribution in [3.8, 4) is 0 Å². The minimum atomic E-state index is 0.657. The Bertz CT molecular complexity index is 573.